The molecule has 0 aliphatic carbocycles. The van der Waals surface area contributed by atoms with E-state index in [-0.39, 0.29) is 6.04 Å². The predicted molar refractivity (Wildman–Crippen MR) is 68.2 cm³/mol. The van der Waals surface area contributed by atoms with Crippen LogP contribution in [0.15, 0.2) is 30.7 Å². The first-order chi connectivity index (χ1) is 8.20. The van der Waals surface area contributed by atoms with Gasteiger partial charge in [-0.05, 0) is 26.0 Å². The van der Waals surface area contributed by atoms with Gasteiger partial charge >= 0.3 is 0 Å². The fourth-order valence-corrected chi connectivity index (χ4v) is 1.58. The van der Waals surface area contributed by atoms with Crippen molar-refractivity contribution in [3.05, 3.63) is 36.5 Å². The van der Waals surface area contributed by atoms with Crippen LogP contribution in [0.3, 0.4) is 0 Å². The first kappa shape index (κ1) is 11.6. The van der Waals surface area contributed by atoms with Gasteiger partial charge in [-0.3, -0.25) is 4.57 Å². The third-order valence-electron chi connectivity index (χ3n) is 2.59. The lowest BCUT2D eigenvalue weighted by atomic mass is 10.3. The van der Waals surface area contributed by atoms with E-state index in [4.69, 9.17) is 5.73 Å². The molecule has 2 rings (SSSR count). The van der Waals surface area contributed by atoms with Crippen LogP contribution in [0.5, 0.6) is 0 Å². The number of aryl methyl sites for hydroxylation is 1. The number of aromatic nitrogens is 3. The summed E-state index contributed by atoms with van der Waals surface area (Å²) in [5.74, 6) is 1.79. The maximum absolute atomic E-state index is 5.55. The van der Waals surface area contributed by atoms with E-state index in [0.29, 0.717) is 6.54 Å². The predicted octanol–water partition coefficient (Wildman–Crippen LogP) is 1.33. The normalized spacial score (nSPS) is 12.4. The van der Waals surface area contributed by atoms with Gasteiger partial charge in [-0.1, -0.05) is 0 Å². The molecule has 17 heavy (non-hydrogen) atoms. The molecule has 2 heterocycles. The molecule has 0 aromatic carbocycles. The summed E-state index contributed by atoms with van der Waals surface area (Å²) in [6.07, 6.45) is 5.47. The van der Waals surface area contributed by atoms with Gasteiger partial charge in [-0.2, -0.15) is 0 Å². The van der Waals surface area contributed by atoms with Crippen LogP contribution in [0, 0.1) is 6.92 Å². The maximum atomic E-state index is 5.55. The Balaban J connectivity index is 2.16. The van der Waals surface area contributed by atoms with Gasteiger partial charge in [0.05, 0.1) is 11.9 Å². The summed E-state index contributed by atoms with van der Waals surface area (Å²) in [5, 5.41) is 3.27. The third kappa shape index (κ3) is 2.62. The molecular weight excluding hydrogens is 214 g/mol. The van der Waals surface area contributed by atoms with Crippen molar-refractivity contribution in [1.82, 2.24) is 14.5 Å². The molecule has 3 N–H and O–H groups in total. The molecule has 0 spiro atoms. The molecule has 0 saturated carbocycles. The average molecular weight is 231 g/mol. The van der Waals surface area contributed by atoms with Gasteiger partial charge in [0.1, 0.15) is 11.6 Å². The van der Waals surface area contributed by atoms with E-state index in [1.807, 2.05) is 36.7 Å². The number of hydrogen-bond donors (Lipinski definition) is 2. The van der Waals surface area contributed by atoms with E-state index >= 15 is 0 Å². The number of anilines is 1. The van der Waals surface area contributed by atoms with E-state index in [2.05, 4.69) is 15.3 Å². The highest BCUT2D eigenvalue weighted by molar-refractivity contribution is 5.44. The van der Waals surface area contributed by atoms with E-state index in [1.165, 1.54) is 0 Å². The van der Waals surface area contributed by atoms with E-state index in [9.17, 15) is 0 Å². The molecule has 0 bridgehead atoms. The topological polar surface area (TPSA) is 68.8 Å². The Morgan fingerprint density at radius 3 is 2.76 bits per heavy atom. The van der Waals surface area contributed by atoms with Crippen molar-refractivity contribution in [2.24, 2.45) is 5.73 Å². The Kier molecular flexibility index (Phi) is 3.39. The average Bonchev–Trinajstić information content (AvgIpc) is 2.76. The second-order valence-corrected chi connectivity index (χ2v) is 4.03. The standard InChI is InChI=1S/C12H17N5/c1-9(7-13)16-11-3-4-12(15-8-11)17-6-5-14-10(17)2/h3-6,8-9,16H,7,13H2,1-2H3. The highest BCUT2D eigenvalue weighted by Crippen LogP contribution is 2.11. The zero-order valence-corrected chi connectivity index (χ0v) is 10.1. The number of nitrogens with one attached hydrogen (secondary N) is 1. The van der Waals surface area contributed by atoms with Crippen molar-refractivity contribution < 1.29 is 0 Å². The lowest BCUT2D eigenvalue weighted by molar-refractivity contribution is 0.802. The summed E-state index contributed by atoms with van der Waals surface area (Å²) < 4.78 is 1.94. The molecule has 0 aliphatic rings. The number of hydrogen-bond acceptors (Lipinski definition) is 4. The fourth-order valence-electron chi connectivity index (χ4n) is 1.58. The Bertz CT molecular complexity index is 474. The molecule has 0 radical (unpaired) electrons. The Morgan fingerprint density at radius 1 is 1.41 bits per heavy atom. The molecule has 1 unspecified atom stereocenters. The molecule has 0 saturated heterocycles. The van der Waals surface area contributed by atoms with Crippen LogP contribution >= 0.6 is 0 Å². The summed E-state index contributed by atoms with van der Waals surface area (Å²) in [4.78, 5) is 8.56. The van der Waals surface area contributed by atoms with Gasteiger partial charge in [0, 0.05) is 25.0 Å². The highest BCUT2D eigenvalue weighted by Gasteiger charge is 2.03. The molecule has 5 heteroatoms. The third-order valence-corrected chi connectivity index (χ3v) is 2.59. The van der Waals surface area contributed by atoms with Gasteiger partial charge in [-0.15, -0.1) is 0 Å². The first-order valence-corrected chi connectivity index (χ1v) is 5.63. The van der Waals surface area contributed by atoms with Gasteiger partial charge in [0.25, 0.3) is 0 Å². The van der Waals surface area contributed by atoms with Crippen molar-refractivity contribution >= 4 is 5.69 Å². The summed E-state index contributed by atoms with van der Waals surface area (Å²) in [6.45, 7) is 4.58. The van der Waals surface area contributed by atoms with Crippen LogP contribution in [0.1, 0.15) is 12.7 Å². The summed E-state index contributed by atoms with van der Waals surface area (Å²) in [6, 6.07) is 4.20. The number of nitrogens with zero attached hydrogens (tertiary/aromatic N) is 3. The SMILES string of the molecule is Cc1nccn1-c1ccc(NC(C)CN)cn1. The molecule has 2 aromatic heterocycles. The molecule has 90 valence electrons. The van der Waals surface area contributed by atoms with Gasteiger partial charge in [-0.25, -0.2) is 9.97 Å². The van der Waals surface area contributed by atoms with Crippen molar-refractivity contribution in [2.45, 2.75) is 19.9 Å². The molecule has 0 aliphatic heterocycles. The highest BCUT2D eigenvalue weighted by atomic mass is 15.1. The number of imidazole rings is 1. The number of rotatable bonds is 4. The Hall–Kier alpha value is -1.88. The maximum Gasteiger partial charge on any atom is 0.138 e. The smallest absolute Gasteiger partial charge is 0.138 e. The van der Waals surface area contributed by atoms with Crippen molar-refractivity contribution in [3.8, 4) is 5.82 Å². The zero-order chi connectivity index (χ0) is 12.3. The lowest BCUT2D eigenvalue weighted by Crippen LogP contribution is -2.25. The first-order valence-electron chi connectivity index (χ1n) is 5.63. The zero-order valence-electron chi connectivity index (χ0n) is 10.1. The second-order valence-electron chi connectivity index (χ2n) is 4.03. The van der Waals surface area contributed by atoms with Crippen molar-refractivity contribution in [2.75, 3.05) is 11.9 Å². The number of pyridine rings is 1. The van der Waals surface area contributed by atoms with Gasteiger partial charge < -0.3 is 11.1 Å². The van der Waals surface area contributed by atoms with Crippen molar-refractivity contribution in [3.63, 3.8) is 0 Å². The Labute approximate surface area is 101 Å². The fraction of sp³-hybridized carbons (Fsp3) is 0.333. The van der Waals surface area contributed by atoms with E-state index in [0.717, 1.165) is 17.3 Å². The van der Waals surface area contributed by atoms with Crippen LogP contribution in [-0.2, 0) is 0 Å². The summed E-state index contributed by atoms with van der Waals surface area (Å²) in [7, 11) is 0. The van der Waals surface area contributed by atoms with Gasteiger partial charge in [0.2, 0.25) is 0 Å². The van der Waals surface area contributed by atoms with Crippen LogP contribution in [0.2, 0.25) is 0 Å². The minimum Gasteiger partial charge on any atom is -0.380 e. The molecule has 0 amide bonds. The molecule has 1 atom stereocenters. The van der Waals surface area contributed by atoms with Crippen LogP contribution < -0.4 is 11.1 Å². The summed E-state index contributed by atoms with van der Waals surface area (Å²) >= 11 is 0. The van der Waals surface area contributed by atoms with Gasteiger partial charge in [0.15, 0.2) is 0 Å². The lowest BCUT2D eigenvalue weighted by Gasteiger charge is -2.12. The molecule has 2 aromatic rings. The molecular formula is C12H17N5. The van der Waals surface area contributed by atoms with Crippen molar-refractivity contribution in [1.29, 1.82) is 0 Å². The van der Waals surface area contributed by atoms with Crippen LogP contribution in [0.4, 0.5) is 5.69 Å². The molecule has 5 nitrogen and oxygen atoms in total. The number of nitrogens with two attached hydrogens (primary N) is 1. The monoisotopic (exact) mass is 231 g/mol. The minimum atomic E-state index is 0.248. The minimum absolute atomic E-state index is 0.248. The van der Waals surface area contributed by atoms with E-state index < -0.39 is 0 Å². The van der Waals surface area contributed by atoms with E-state index in [1.54, 1.807) is 12.4 Å². The van der Waals surface area contributed by atoms with Crippen LogP contribution in [-0.4, -0.2) is 27.1 Å². The largest absolute Gasteiger partial charge is 0.380 e. The van der Waals surface area contributed by atoms with Crippen LogP contribution in [0.25, 0.3) is 5.82 Å². The summed E-state index contributed by atoms with van der Waals surface area (Å²) in [5.41, 5.74) is 6.53. The quantitative estimate of drug-likeness (QED) is 0.833. The molecule has 0 fully saturated rings. The second kappa shape index (κ2) is 4.97. The Morgan fingerprint density at radius 2 is 2.24 bits per heavy atom.